The smallest absolute Gasteiger partial charge is 0.364 e. The molecule has 0 amide bonds. The number of para-hydroxylation sites is 1. The first-order valence-electron chi connectivity index (χ1n) is 5.32. The first-order chi connectivity index (χ1) is 8.32. The molecule has 2 N–H and O–H groups in total. The van der Waals surface area contributed by atoms with E-state index in [4.69, 9.17) is 4.74 Å². The predicted molar refractivity (Wildman–Crippen MR) is 63.7 cm³/mol. The van der Waals surface area contributed by atoms with Crippen molar-refractivity contribution in [2.24, 2.45) is 0 Å². The minimum atomic E-state index is -3.69. The van der Waals surface area contributed by atoms with Crippen LogP contribution in [0, 0.1) is 0 Å². The van der Waals surface area contributed by atoms with Crippen LogP contribution >= 0.6 is 0 Å². The highest BCUT2D eigenvalue weighted by molar-refractivity contribution is 7.88. The zero-order chi connectivity index (χ0) is 13.4. The topological polar surface area (TPSA) is 92.7 Å². The summed E-state index contributed by atoms with van der Waals surface area (Å²) < 4.78 is 30.0. The molecule has 18 heavy (non-hydrogen) atoms. The Bertz CT molecular complexity index is 583. The third kappa shape index (κ3) is 2.46. The van der Waals surface area contributed by atoms with Crippen molar-refractivity contribution in [3.05, 3.63) is 29.8 Å². The molecule has 6 nitrogen and oxygen atoms in total. The predicted octanol–water partition coefficient (Wildman–Crippen LogP) is 0.342. The van der Waals surface area contributed by atoms with E-state index in [9.17, 15) is 18.3 Å². The highest BCUT2D eigenvalue weighted by atomic mass is 32.2. The molecule has 2 rings (SSSR count). The van der Waals surface area contributed by atoms with E-state index in [0.717, 1.165) is 11.8 Å². The number of nitrogens with one attached hydrogen (secondary N) is 1. The first-order valence-corrected chi connectivity index (χ1v) is 7.21. The van der Waals surface area contributed by atoms with Crippen molar-refractivity contribution < 1.29 is 23.1 Å². The summed E-state index contributed by atoms with van der Waals surface area (Å²) in [5.41, 5.74) is -1.05. The molecule has 98 valence electrons. The van der Waals surface area contributed by atoms with Gasteiger partial charge in [-0.05, 0) is 18.1 Å². The van der Waals surface area contributed by atoms with Gasteiger partial charge in [0.15, 0.2) is 0 Å². The minimum Gasteiger partial charge on any atom is -0.477 e. The van der Waals surface area contributed by atoms with Gasteiger partial charge < -0.3 is 9.84 Å². The van der Waals surface area contributed by atoms with Gasteiger partial charge in [-0.3, -0.25) is 0 Å². The summed E-state index contributed by atoms with van der Waals surface area (Å²) >= 11 is 0. The van der Waals surface area contributed by atoms with Crippen LogP contribution in [-0.2, 0) is 21.2 Å². The molecule has 0 bridgehead atoms. The Kier molecular flexibility index (Phi) is 3.04. The Hall–Kier alpha value is -1.60. The molecule has 1 aliphatic rings. The molecule has 0 fully saturated rings. The molecular formula is C11H13NO5S. The zero-order valence-corrected chi connectivity index (χ0v) is 10.5. The van der Waals surface area contributed by atoms with Gasteiger partial charge in [0.25, 0.3) is 5.72 Å². The van der Waals surface area contributed by atoms with Gasteiger partial charge in [-0.2, -0.15) is 4.72 Å². The number of ether oxygens (including phenoxy) is 1. The number of carboxylic acid groups (broad SMARTS) is 1. The molecule has 1 unspecified atom stereocenters. The summed E-state index contributed by atoms with van der Waals surface area (Å²) in [7, 11) is -3.69. The fourth-order valence-electron chi connectivity index (χ4n) is 1.92. The first kappa shape index (κ1) is 12.8. The molecule has 1 atom stereocenters. The highest BCUT2D eigenvalue weighted by Crippen LogP contribution is 2.32. The van der Waals surface area contributed by atoms with Crippen LogP contribution < -0.4 is 9.46 Å². The van der Waals surface area contributed by atoms with E-state index < -0.39 is 21.7 Å². The van der Waals surface area contributed by atoms with Gasteiger partial charge in [-0.15, -0.1) is 0 Å². The molecule has 1 aromatic carbocycles. The number of aliphatic carboxylic acids is 1. The van der Waals surface area contributed by atoms with E-state index in [1.165, 1.54) is 0 Å². The largest absolute Gasteiger partial charge is 0.477 e. The molecule has 7 heteroatoms. The number of rotatable bonds is 3. The Labute approximate surface area is 105 Å². The summed E-state index contributed by atoms with van der Waals surface area (Å²) in [5, 5.41) is 9.23. The second-order valence-corrected chi connectivity index (χ2v) is 5.96. The van der Waals surface area contributed by atoms with Crippen molar-refractivity contribution in [3.8, 4) is 5.75 Å². The molecule has 0 aromatic heterocycles. The average Bonchev–Trinajstić information content (AvgIpc) is 2.26. The summed E-state index contributed by atoms with van der Waals surface area (Å²) in [6.07, 6.45) is 1.39. The van der Waals surface area contributed by atoms with Gasteiger partial charge in [0.1, 0.15) is 5.75 Å². The van der Waals surface area contributed by atoms with E-state index in [2.05, 4.69) is 4.72 Å². The molecule has 1 aliphatic heterocycles. The molecule has 0 aliphatic carbocycles. The van der Waals surface area contributed by atoms with Gasteiger partial charge in [0, 0.05) is 6.42 Å². The third-order valence-electron chi connectivity index (χ3n) is 2.70. The van der Waals surface area contributed by atoms with E-state index in [-0.39, 0.29) is 6.42 Å². The van der Waals surface area contributed by atoms with Gasteiger partial charge in [0.2, 0.25) is 10.0 Å². The maximum absolute atomic E-state index is 11.3. The van der Waals surface area contributed by atoms with Crippen LogP contribution in [0.25, 0.3) is 0 Å². The quantitative estimate of drug-likeness (QED) is 0.827. The van der Waals surface area contributed by atoms with Crippen LogP contribution in [0.3, 0.4) is 0 Å². The number of hydrogen-bond acceptors (Lipinski definition) is 4. The highest BCUT2D eigenvalue weighted by Gasteiger charge is 2.46. The van der Waals surface area contributed by atoms with Crippen LogP contribution in [0.15, 0.2) is 24.3 Å². The Morgan fingerprint density at radius 2 is 2.11 bits per heavy atom. The number of benzene rings is 1. The van der Waals surface area contributed by atoms with Gasteiger partial charge >= 0.3 is 5.97 Å². The van der Waals surface area contributed by atoms with Crippen LogP contribution in [0.2, 0.25) is 0 Å². The van der Waals surface area contributed by atoms with Gasteiger partial charge in [0.05, 0.1) is 6.26 Å². The number of carbonyl (C=O) groups is 1. The van der Waals surface area contributed by atoms with Crippen molar-refractivity contribution in [2.45, 2.75) is 18.6 Å². The van der Waals surface area contributed by atoms with Crippen molar-refractivity contribution in [2.75, 3.05) is 6.26 Å². The standard InChI is InChI=1S/C11H13NO5S/c1-18(15,16)12-11(10(13)14)7-6-8-4-2-3-5-9(8)17-11/h2-5,12H,6-7H2,1H3,(H,13,14). The van der Waals surface area contributed by atoms with E-state index in [1.807, 2.05) is 12.1 Å². The summed E-state index contributed by atoms with van der Waals surface area (Å²) in [4.78, 5) is 11.3. The van der Waals surface area contributed by atoms with Crippen LogP contribution in [0.5, 0.6) is 5.75 Å². The van der Waals surface area contributed by atoms with E-state index >= 15 is 0 Å². The molecule has 0 radical (unpaired) electrons. The van der Waals surface area contributed by atoms with Crippen LogP contribution in [0.4, 0.5) is 0 Å². The molecule has 0 saturated heterocycles. The van der Waals surface area contributed by atoms with E-state index in [1.54, 1.807) is 12.1 Å². The summed E-state index contributed by atoms with van der Waals surface area (Å²) in [6.45, 7) is 0. The van der Waals surface area contributed by atoms with Crippen molar-refractivity contribution in [3.63, 3.8) is 0 Å². The minimum absolute atomic E-state index is 0.0480. The molecule has 0 spiro atoms. The van der Waals surface area contributed by atoms with Crippen molar-refractivity contribution in [1.29, 1.82) is 0 Å². The SMILES string of the molecule is CS(=O)(=O)NC1(C(=O)O)CCc2ccccc2O1. The maximum Gasteiger partial charge on any atom is 0.364 e. The number of aryl methyl sites for hydroxylation is 1. The second-order valence-electron chi connectivity index (χ2n) is 4.22. The lowest BCUT2D eigenvalue weighted by atomic mass is 9.98. The van der Waals surface area contributed by atoms with Crippen LogP contribution in [-0.4, -0.2) is 31.5 Å². The van der Waals surface area contributed by atoms with Crippen molar-refractivity contribution >= 4 is 16.0 Å². The lowest BCUT2D eigenvalue weighted by molar-refractivity contribution is -0.158. The third-order valence-corrected chi connectivity index (χ3v) is 3.40. The number of sulfonamides is 1. The Morgan fingerprint density at radius 3 is 2.72 bits per heavy atom. The van der Waals surface area contributed by atoms with Gasteiger partial charge in [-0.1, -0.05) is 18.2 Å². The summed E-state index contributed by atoms with van der Waals surface area (Å²) in [6, 6.07) is 6.97. The van der Waals surface area contributed by atoms with Crippen LogP contribution in [0.1, 0.15) is 12.0 Å². The number of fused-ring (bicyclic) bond motifs is 1. The summed E-state index contributed by atoms with van der Waals surface area (Å²) in [5.74, 6) is -0.954. The second kappa shape index (κ2) is 4.25. The maximum atomic E-state index is 11.3. The Balaban J connectivity index is 2.39. The Morgan fingerprint density at radius 1 is 1.44 bits per heavy atom. The zero-order valence-electron chi connectivity index (χ0n) is 9.71. The monoisotopic (exact) mass is 271 g/mol. The fourth-order valence-corrected chi connectivity index (χ4v) is 2.75. The molecule has 1 heterocycles. The molecule has 0 saturated carbocycles. The molecule has 1 aromatic rings. The molecular weight excluding hydrogens is 258 g/mol. The van der Waals surface area contributed by atoms with Crippen molar-refractivity contribution in [1.82, 2.24) is 4.72 Å². The fraction of sp³-hybridized carbons (Fsp3) is 0.364. The lowest BCUT2D eigenvalue weighted by Crippen LogP contribution is -2.60. The number of carboxylic acids is 1. The number of hydrogen-bond donors (Lipinski definition) is 2. The normalized spacial score (nSPS) is 22.9. The van der Waals surface area contributed by atoms with E-state index in [0.29, 0.717) is 12.2 Å². The lowest BCUT2D eigenvalue weighted by Gasteiger charge is -2.34. The van der Waals surface area contributed by atoms with Gasteiger partial charge in [-0.25, -0.2) is 13.2 Å². The average molecular weight is 271 g/mol.